The average Bonchev–Trinajstić information content (AvgIpc) is 2.41. The zero-order valence-corrected chi connectivity index (χ0v) is 12.9. The van der Waals surface area contributed by atoms with Crippen molar-refractivity contribution in [2.75, 3.05) is 7.05 Å². The van der Waals surface area contributed by atoms with Crippen LogP contribution in [-0.2, 0) is 0 Å². The summed E-state index contributed by atoms with van der Waals surface area (Å²) in [6.07, 6.45) is 1.72. The number of benzene rings is 1. The molecule has 2 aromatic rings. The van der Waals surface area contributed by atoms with Gasteiger partial charge in [-0.15, -0.1) is 0 Å². The van der Waals surface area contributed by atoms with Gasteiger partial charge in [0.25, 0.3) is 0 Å². The van der Waals surface area contributed by atoms with Gasteiger partial charge in [-0.25, -0.2) is 4.39 Å². The summed E-state index contributed by atoms with van der Waals surface area (Å²) in [5.41, 5.74) is 2.30. The molecule has 5 heteroatoms. The topological polar surface area (TPSA) is 24.9 Å². The van der Waals surface area contributed by atoms with E-state index < -0.39 is 5.82 Å². The number of pyridine rings is 1. The smallest absolute Gasteiger partial charge is 0.148 e. The van der Waals surface area contributed by atoms with E-state index in [1.807, 2.05) is 19.1 Å². The van der Waals surface area contributed by atoms with E-state index in [1.54, 1.807) is 25.4 Å². The quantitative estimate of drug-likeness (QED) is 0.843. The van der Waals surface area contributed by atoms with Crippen molar-refractivity contribution in [3.8, 4) is 0 Å². The zero-order chi connectivity index (χ0) is 14.0. The van der Waals surface area contributed by atoms with Gasteiger partial charge in [0.2, 0.25) is 0 Å². The summed E-state index contributed by atoms with van der Waals surface area (Å²) in [5, 5.41) is 3.21. The van der Waals surface area contributed by atoms with Crippen molar-refractivity contribution in [1.82, 2.24) is 10.3 Å². The standard InChI is InChI=1S/C14H13BrClFN2/c1-8-9(4-3-7-19-8)14(18-2)10-5-6-11(15)12(16)13(10)17/h3-7,14,18H,1-2H3. The molecular weight excluding hydrogens is 331 g/mol. The van der Waals surface area contributed by atoms with Crippen molar-refractivity contribution in [3.05, 3.63) is 62.6 Å². The number of nitrogens with zero attached hydrogens (tertiary/aromatic N) is 1. The van der Waals surface area contributed by atoms with Crippen molar-refractivity contribution in [3.63, 3.8) is 0 Å². The summed E-state index contributed by atoms with van der Waals surface area (Å²) in [4.78, 5) is 4.24. The number of aromatic nitrogens is 1. The van der Waals surface area contributed by atoms with Crippen molar-refractivity contribution in [2.45, 2.75) is 13.0 Å². The maximum absolute atomic E-state index is 14.3. The third kappa shape index (κ3) is 2.81. The average molecular weight is 344 g/mol. The fourth-order valence-electron chi connectivity index (χ4n) is 2.04. The highest BCUT2D eigenvalue weighted by Gasteiger charge is 2.20. The van der Waals surface area contributed by atoms with Crippen LogP contribution in [0, 0.1) is 12.7 Å². The highest BCUT2D eigenvalue weighted by molar-refractivity contribution is 9.10. The molecule has 0 aliphatic carbocycles. The Morgan fingerprint density at radius 2 is 2.05 bits per heavy atom. The largest absolute Gasteiger partial charge is 0.309 e. The lowest BCUT2D eigenvalue weighted by Gasteiger charge is -2.20. The number of aryl methyl sites for hydroxylation is 1. The van der Waals surface area contributed by atoms with Gasteiger partial charge < -0.3 is 5.32 Å². The molecule has 1 atom stereocenters. The maximum atomic E-state index is 14.3. The van der Waals surface area contributed by atoms with Crippen LogP contribution >= 0.6 is 27.5 Å². The Balaban J connectivity index is 2.55. The third-order valence-electron chi connectivity index (χ3n) is 3.02. The first-order chi connectivity index (χ1) is 9.06. The molecular formula is C14H13BrClFN2. The number of nitrogens with one attached hydrogen (secondary N) is 1. The Labute approximate surface area is 125 Å². The Morgan fingerprint density at radius 3 is 2.68 bits per heavy atom. The van der Waals surface area contributed by atoms with Gasteiger partial charge in [-0.2, -0.15) is 0 Å². The lowest BCUT2D eigenvalue weighted by molar-refractivity contribution is 0.574. The highest BCUT2D eigenvalue weighted by atomic mass is 79.9. The third-order valence-corrected chi connectivity index (χ3v) is 4.28. The van der Waals surface area contributed by atoms with Crippen molar-refractivity contribution < 1.29 is 4.39 Å². The van der Waals surface area contributed by atoms with Gasteiger partial charge in [-0.05, 0) is 47.6 Å². The number of hydrogen-bond donors (Lipinski definition) is 1. The SMILES string of the molecule is CNC(c1cccnc1C)c1ccc(Br)c(Cl)c1F. The molecule has 0 spiro atoms. The fraction of sp³-hybridized carbons (Fsp3) is 0.214. The van der Waals surface area contributed by atoms with Gasteiger partial charge in [0, 0.05) is 21.9 Å². The molecule has 1 aromatic heterocycles. The van der Waals surface area contributed by atoms with Crippen LogP contribution in [0.5, 0.6) is 0 Å². The molecule has 2 rings (SSSR count). The predicted octanol–water partition coefficient (Wildman–Crippen LogP) is 4.25. The predicted molar refractivity (Wildman–Crippen MR) is 79.0 cm³/mol. The monoisotopic (exact) mass is 342 g/mol. The molecule has 1 heterocycles. The van der Waals surface area contributed by atoms with Gasteiger partial charge >= 0.3 is 0 Å². The summed E-state index contributed by atoms with van der Waals surface area (Å²) in [5.74, 6) is -0.418. The molecule has 19 heavy (non-hydrogen) atoms. The van der Waals surface area contributed by atoms with Crippen LogP contribution < -0.4 is 5.32 Å². The lowest BCUT2D eigenvalue weighted by Crippen LogP contribution is -2.20. The number of rotatable bonds is 3. The molecule has 0 amide bonds. The Kier molecular flexibility index (Phi) is 4.55. The van der Waals surface area contributed by atoms with E-state index in [2.05, 4.69) is 26.2 Å². The summed E-state index contributed by atoms with van der Waals surface area (Å²) < 4.78 is 14.8. The van der Waals surface area contributed by atoms with Crippen molar-refractivity contribution >= 4 is 27.5 Å². The molecule has 1 aromatic carbocycles. The number of hydrogen-bond acceptors (Lipinski definition) is 2. The van der Waals surface area contributed by atoms with E-state index in [1.165, 1.54) is 0 Å². The van der Waals surface area contributed by atoms with Crippen LogP contribution in [0.4, 0.5) is 4.39 Å². The first kappa shape index (κ1) is 14.4. The molecule has 1 unspecified atom stereocenters. The van der Waals surface area contributed by atoms with E-state index >= 15 is 0 Å². The first-order valence-electron chi connectivity index (χ1n) is 5.78. The van der Waals surface area contributed by atoms with Crippen molar-refractivity contribution in [1.29, 1.82) is 0 Å². The molecule has 0 fully saturated rings. The van der Waals surface area contributed by atoms with E-state index in [-0.39, 0.29) is 11.1 Å². The van der Waals surface area contributed by atoms with Gasteiger partial charge in [-0.3, -0.25) is 4.98 Å². The molecule has 0 saturated carbocycles. The van der Waals surface area contributed by atoms with Crippen molar-refractivity contribution in [2.24, 2.45) is 0 Å². The zero-order valence-electron chi connectivity index (χ0n) is 10.5. The minimum atomic E-state index is -0.418. The van der Waals surface area contributed by atoms with E-state index in [4.69, 9.17) is 11.6 Å². The minimum absolute atomic E-state index is 0.0966. The molecule has 0 bridgehead atoms. The second-order valence-corrected chi connectivity index (χ2v) is 5.40. The van der Waals surface area contributed by atoms with Crippen LogP contribution in [0.1, 0.15) is 22.9 Å². The summed E-state index contributed by atoms with van der Waals surface area (Å²) in [6.45, 7) is 1.90. The van der Waals surface area contributed by atoms with Crippen LogP contribution in [-0.4, -0.2) is 12.0 Å². The van der Waals surface area contributed by atoms with Crippen LogP contribution in [0.15, 0.2) is 34.9 Å². The van der Waals surface area contributed by atoms with E-state index in [9.17, 15) is 4.39 Å². The molecule has 0 aliphatic heterocycles. The van der Waals surface area contributed by atoms with Crippen LogP contribution in [0.3, 0.4) is 0 Å². The molecule has 0 radical (unpaired) electrons. The molecule has 0 saturated heterocycles. The Hall–Kier alpha value is -0.970. The van der Waals surface area contributed by atoms with Gasteiger partial charge in [-0.1, -0.05) is 23.7 Å². The Morgan fingerprint density at radius 1 is 1.32 bits per heavy atom. The van der Waals surface area contributed by atoms with Crippen LogP contribution in [0.2, 0.25) is 5.02 Å². The van der Waals surface area contributed by atoms with E-state index in [0.717, 1.165) is 11.3 Å². The molecule has 1 N–H and O–H groups in total. The minimum Gasteiger partial charge on any atom is -0.309 e. The number of halogens is 3. The summed E-state index contributed by atoms with van der Waals surface area (Å²) in [7, 11) is 1.78. The highest BCUT2D eigenvalue weighted by Crippen LogP contribution is 2.33. The Bertz CT molecular complexity index is 604. The van der Waals surface area contributed by atoms with Gasteiger partial charge in [0.1, 0.15) is 5.82 Å². The maximum Gasteiger partial charge on any atom is 0.148 e. The normalized spacial score (nSPS) is 12.5. The molecule has 0 aliphatic rings. The van der Waals surface area contributed by atoms with E-state index in [0.29, 0.717) is 10.0 Å². The first-order valence-corrected chi connectivity index (χ1v) is 6.95. The van der Waals surface area contributed by atoms with Crippen LogP contribution in [0.25, 0.3) is 0 Å². The summed E-state index contributed by atoms with van der Waals surface area (Å²) in [6, 6.07) is 6.96. The molecule has 2 nitrogen and oxygen atoms in total. The second-order valence-electron chi connectivity index (χ2n) is 4.16. The molecule has 100 valence electrons. The summed E-state index contributed by atoms with van der Waals surface area (Å²) >= 11 is 9.16. The second kappa shape index (κ2) is 5.99. The fourth-order valence-corrected chi connectivity index (χ4v) is 2.52. The van der Waals surface area contributed by atoms with Gasteiger partial charge in [0.05, 0.1) is 11.1 Å². The van der Waals surface area contributed by atoms with Gasteiger partial charge in [0.15, 0.2) is 0 Å². The lowest BCUT2D eigenvalue weighted by atomic mass is 9.97.